The number of piperazine rings is 1. The molecule has 0 N–H and O–H groups in total. The van der Waals surface area contributed by atoms with Gasteiger partial charge in [0.2, 0.25) is 5.91 Å². The van der Waals surface area contributed by atoms with Crippen LogP contribution in [-0.4, -0.2) is 60.4 Å². The molecule has 1 rings (SSSR count). The first-order valence-electron chi connectivity index (χ1n) is 5.17. The van der Waals surface area contributed by atoms with E-state index in [1.54, 1.807) is 9.80 Å². The monoisotopic (exact) mass is 228 g/mol. The van der Waals surface area contributed by atoms with Crippen molar-refractivity contribution < 1.29 is 19.1 Å². The van der Waals surface area contributed by atoms with E-state index in [4.69, 9.17) is 0 Å². The molecule has 0 saturated carbocycles. The molecule has 1 fully saturated rings. The lowest BCUT2D eigenvalue weighted by Gasteiger charge is -2.34. The van der Waals surface area contributed by atoms with Crippen LogP contribution >= 0.6 is 0 Å². The fourth-order valence-corrected chi connectivity index (χ4v) is 1.53. The Morgan fingerprint density at radius 3 is 1.94 bits per heavy atom. The second kappa shape index (κ2) is 5.48. The number of rotatable bonds is 2. The number of nitrogens with zero attached hydrogens (tertiary/aromatic N) is 2. The fourth-order valence-electron chi connectivity index (χ4n) is 1.53. The fraction of sp³-hybridized carbons (Fsp3) is 0.700. The number of esters is 1. The van der Waals surface area contributed by atoms with Crippen LogP contribution in [0.3, 0.4) is 0 Å². The van der Waals surface area contributed by atoms with Crippen molar-refractivity contribution in [3.8, 4) is 0 Å². The molecule has 90 valence electrons. The van der Waals surface area contributed by atoms with E-state index in [9.17, 15) is 14.4 Å². The molecule has 6 heteroatoms. The first kappa shape index (κ1) is 12.5. The molecule has 0 atom stereocenters. The van der Waals surface area contributed by atoms with Gasteiger partial charge in [-0.2, -0.15) is 0 Å². The normalized spacial score (nSPS) is 15.9. The van der Waals surface area contributed by atoms with Crippen LogP contribution < -0.4 is 0 Å². The maximum Gasteiger partial charge on any atom is 0.303 e. The van der Waals surface area contributed by atoms with Crippen molar-refractivity contribution in [1.82, 2.24) is 9.80 Å². The molecular weight excluding hydrogens is 212 g/mol. The number of hydrogen-bond donors (Lipinski definition) is 0. The van der Waals surface area contributed by atoms with Gasteiger partial charge in [-0.25, -0.2) is 0 Å². The first-order valence-corrected chi connectivity index (χ1v) is 5.17. The summed E-state index contributed by atoms with van der Waals surface area (Å²) in [4.78, 5) is 36.4. The molecule has 1 saturated heterocycles. The highest BCUT2D eigenvalue weighted by Crippen LogP contribution is 2.02. The van der Waals surface area contributed by atoms with Gasteiger partial charge < -0.3 is 14.5 Å². The number of carbonyl (C=O) groups is 3. The molecule has 6 nitrogen and oxygen atoms in total. The van der Waals surface area contributed by atoms with Crippen molar-refractivity contribution in [3.63, 3.8) is 0 Å². The molecule has 1 aliphatic rings. The molecule has 0 spiro atoms. The molecule has 0 aromatic heterocycles. The van der Waals surface area contributed by atoms with Crippen LogP contribution in [0.15, 0.2) is 0 Å². The third kappa shape index (κ3) is 3.52. The predicted octanol–water partition coefficient (Wildman–Crippen LogP) is -0.760. The summed E-state index contributed by atoms with van der Waals surface area (Å²) in [5, 5.41) is 0. The number of ether oxygens (including phenoxy) is 1. The van der Waals surface area contributed by atoms with Crippen molar-refractivity contribution >= 4 is 17.8 Å². The molecule has 0 aliphatic carbocycles. The van der Waals surface area contributed by atoms with Gasteiger partial charge in [0.15, 0.2) is 6.61 Å². The van der Waals surface area contributed by atoms with Gasteiger partial charge in [0.1, 0.15) is 0 Å². The zero-order valence-corrected chi connectivity index (χ0v) is 9.56. The minimum Gasteiger partial charge on any atom is -0.456 e. The highest BCUT2D eigenvalue weighted by molar-refractivity contribution is 5.80. The average Bonchev–Trinajstić information content (AvgIpc) is 2.26. The topological polar surface area (TPSA) is 66.9 Å². The van der Waals surface area contributed by atoms with E-state index in [-0.39, 0.29) is 18.4 Å². The van der Waals surface area contributed by atoms with Crippen molar-refractivity contribution in [2.75, 3.05) is 32.8 Å². The van der Waals surface area contributed by atoms with Crippen LogP contribution in [0.25, 0.3) is 0 Å². The Morgan fingerprint density at radius 2 is 1.50 bits per heavy atom. The Labute approximate surface area is 94.1 Å². The Kier molecular flexibility index (Phi) is 4.28. The standard InChI is InChI=1S/C10H16N2O4/c1-8(13)11-3-5-12(6-4-11)10(15)7-16-9(2)14/h3-7H2,1-2H3. The Balaban J connectivity index is 2.33. The summed E-state index contributed by atoms with van der Waals surface area (Å²) in [7, 11) is 0. The van der Waals surface area contributed by atoms with Crippen LogP contribution in [0.5, 0.6) is 0 Å². The van der Waals surface area contributed by atoms with Crippen molar-refractivity contribution in [2.45, 2.75) is 13.8 Å². The van der Waals surface area contributed by atoms with Crippen LogP contribution in [-0.2, 0) is 19.1 Å². The first-order chi connectivity index (χ1) is 7.50. The van der Waals surface area contributed by atoms with E-state index in [0.29, 0.717) is 26.2 Å². The largest absolute Gasteiger partial charge is 0.456 e. The van der Waals surface area contributed by atoms with Gasteiger partial charge in [-0.05, 0) is 0 Å². The van der Waals surface area contributed by atoms with Crippen LogP contribution in [0.2, 0.25) is 0 Å². The lowest BCUT2D eigenvalue weighted by atomic mass is 10.3. The van der Waals surface area contributed by atoms with Crippen molar-refractivity contribution in [2.24, 2.45) is 0 Å². The summed E-state index contributed by atoms with van der Waals surface area (Å²) in [6, 6.07) is 0. The summed E-state index contributed by atoms with van der Waals surface area (Å²) < 4.78 is 4.62. The molecule has 0 aromatic rings. The van der Waals surface area contributed by atoms with Gasteiger partial charge in [-0.3, -0.25) is 14.4 Å². The molecule has 16 heavy (non-hydrogen) atoms. The quantitative estimate of drug-likeness (QED) is 0.583. The van der Waals surface area contributed by atoms with E-state index >= 15 is 0 Å². The third-order valence-electron chi connectivity index (χ3n) is 2.48. The predicted molar refractivity (Wildman–Crippen MR) is 55.5 cm³/mol. The van der Waals surface area contributed by atoms with Crippen molar-refractivity contribution in [1.29, 1.82) is 0 Å². The zero-order chi connectivity index (χ0) is 12.1. The van der Waals surface area contributed by atoms with Gasteiger partial charge in [0.25, 0.3) is 5.91 Å². The summed E-state index contributed by atoms with van der Waals surface area (Å²) >= 11 is 0. The summed E-state index contributed by atoms with van der Waals surface area (Å²) in [6.45, 7) is 4.65. The van der Waals surface area contributed by atoms with E-state index in [0.717, 1.165) is 0 Å². The van der Waals surface area contributed by atoms with E-state index in [2.05, 4.69) is 4.74 Å². The molecule has 1 aliphatic heterocycles. The molecule has 0 radical (unpaired) electrons. The zero-order valence-electron chi connectivity index (χ0n) is 9.56. The van der Waals surface area contributed by atoms with Crippen LogP contribution in [0, 0.1) is 0 Å². The Hall–Kier alpha value is -1.59. The van der Waals surface area contributed by atoms with Gasteiger partial charge in [0.05, 0.1) is 0 Å². The molecule has 1 heterocycles. The third-order valence-corrected chi connectivity index (χ3v) is 2.48. The number of hydrogen-bond acceptors (Lipinski definition) is 4. The minimum absolute atomic E-state index is 0.0204. The lowest BCUT2D eigenvalue weighted by molar-refractivity contribution is -0.151. The highest BCUT2D eigenvalue weighted by Gasteiger charge is 2.22. The van der Waals surface area contributed by atoms with Gasteiger partial charge in [-0.1, -0.05) is 0 Å². The van der Waals surface area contributed by atoms with E-state index in [1.807, 2.05) is 0 Å². The molecule has 0 aromatic carbocycles. The maximum absolute atomic E-state index is 11.5. The highest BCUT2D eigenvalue weighted by atomic mass is 16.5. The Morgan fingerprint density at radius 1 is 1.00 bits per heavy atom. The van der Waals surface area contributed by atoms with Gasteiger partial charge in [-0.15, -0.1) is 0 Å². The van der Waals surface area contributed by atoms with Crippen LogP contribution in [0.4, 0.5) is 0 Å². The SMILES string of the molecule is CC(=O)OCC(=O)N1CCN(C(C)=O)CC1. The van der Waals surface area contributed by atoms with E-state index in [1.165, 1.54) is 13.8 Å². The van der Waals surface area contributed by atoms with Crippen LogP contribution in [0.1, 0.15) is 13.8 Å². The number of carbonyl (C=O) groups excluding carboxylic acids is 3. The second-order valence-corrected chi connectivity index (χ2v) is 3.67. The molecular formula is C10H16N2O4. The molecule has 0 bridgehead atoms. The summed E-state index contributed by atoms with van der Waals surface area (Å²) in [6.07, 6.45) is 0. The summed E-state index contributed by atoms with van der Waals surface area (Å²) in [5.74, 6) is -0.652. The van der Waals surface area contributed by atoms with E-state index < -0.39 is 5.97 Å². The van der Waals surface area contributed by atoms with Crippen molar-refractivity contribution in [3.05, 3.63) is 0 Å². The Bertz CT molecular complexity index is 295. The molecule has 0 unspecified atom stereocenters. The minimum atomic E-state index is -0.462. The molecule has 2 amide bonds. The smallest absolute Gasteiger partial charge is 0.303 e. The van der Waals surface area contributed by atoms with Gasteiger partial charge >= 0.3 is 5.97 Å². The average molecular weight is 228 g/mol. The lowest BCUT2D eigenvalue weighted by Crippen LogP contribution is -2.51. The number of amides is 2. The second-order valence-electron chi connectivity index (χ2n) is 3.67. The van der Waals surface area contributed by atoms with Gasteiger partial charge in [0, 0.05) is 40.0 Å². The summed E-state index contributed by atoms with van der Waals surface area (Å²) in [5.41, 5.74) is 0. The maximum atomic E-state index is 11.5.